The van der Waals surface area contributed by atoms with Crippen LogP contribution in [0.2, 0.25) is 0 Å². The van der Waals surface area contributed by atoms with Crippen molar-refractivity contribution in [3.05, 3.63) is 0 Å². The summed E-state index contributed by atoms with van der Waals surface area (Å²) in [5, 5.41) is 0. The summed E-state index contributed by atoms with van der Waals surface area (Å²) in [6.45, 7) is 6.82. The standard InChI is InChI=1S/C8H22N2OSi/c1-6(10)7(5-9)4-8(2,3)11-12/h6-7H,4-5,9-10H2,1-3,12H3. The highest BCUT2D eigenvalue weighted by molar-refractivity contribution is 5.98. The normalized spacial score (nSPS) is 17.8. The Morgan fingerprint density at radius 3 is 2.25 bits per heavy atom. The Morgan fingerprint density at radius 2 is 2.00 bits per heavy atom. The van der Waals surface area contributed by atoms with Crippen LogP contribution in [-0.2, 0) is 4.43 Å². The van der Waals surface area contributed by atoms with Gasteiger partial charge < -0.3 is 15.9 Å². The van der Waals surface area contributed by atoms with E-state index in [9.17, 15) is 0 Å². The molecule has 0 fully saturated rings. The third-order valence-corrected chi connectivity index (χ3v) is 3.46. The lowest BCUT2D eigenvalue weighted by atomic mass is 9.89. The van der Waals surface area contributed by atoms with Gasteiger partial charge in [-0.25, -0.2) is 0 Å². The minimum atomic E-state index is -0.0517. The predicted octanol–water partition coefficient (Wildman–Crippen LogP) is -0.626. The first kappa shape index (κ1) is 12.1. The summed E-state index contributed by atoms with van der Waals surface area (Å²) in [7, 11) is 0.770. The van der Waals surface area contributed by atoms with Gasteiger partial charge in [-0.15, -0.1) is 0 Å². The molecule has 0 amide bonds. The molecule has 0 heterocycles. The van der Waals surface area contributed by atoms with Crippen molar-refractivity contribution in [3.63, 3.8) is 0 Å². The van der Waals surface area contributed by atoms with Gasteiger partial charge in [-0.1, -0.05) is 0 Å². The van der Waals surface area contributed by atoms with Gasteiger partial charge in [0.25, 0.3) is 0 Å². The van der Waals surface area contributed by atoms with E-state index in [-0.39, 0.29) is 11.6 Å². The largest absolute Gasteiger partial charge is 0.423 e. The SMILES string of the molecule is CC(N)C(CN)CC(C)(C)O[SiH3]. The van der Waals surface area contributed by atoms with Crippen LogP contribution in [0.5, 0.6) is 0 Å². The molecule has 0 aromatic heterocycles. The van der Waals surface area contributed by atoms with Crippen LogP contribution in [0.15, 0.2) is 0 Å². The molecule has 4 N–H and O–H groups in total. The topological polar surface area (TPSA) is 61.3 Å². The quantitative estimate of drug-likeness (QED) is 0.568. The van der Waals surface area contributed by atoms with Gasteiger partial charge in [-0.05, 0) is 39.7 Å². The molecule has 0 saturated heterocycles. The van der Waals surface area contributed by atoms with Crippen LogP contribution in [0.4, 0.5) is 0 Å². The van der Waals surface area contributed by atoms with Crippen LogP contribution in [0.1, 0.15) is 27.2 Å². The van der Waals surface area contributed by atoms with Gasteiger partial charge in [0.05, 0.1) is 0 Å². The van der Waals surface area contributed by atoms with Gasteiger partial charge >= 0.3 is 0 Å². The summed E-state index contributed by atoms with van der Waals surface area (Å²) in [5.74, 6) is 0.369. The monoisotopic (exact) mass is 190 g/mol. The maximum atomic E-state index is 5.78. The highest BCUT2D eigenvalue weighted by atomic mass is 28.2. The summed E-state index contributed by atoms with van der Waals surface area (Å²) in [6.07, 6.45) is 0.949. The van der Waals surface area contributed by atoms with Crippen molar-refractivity contribution in [2.24, 2.45) is 17.4 Å². The van der Waals surface area contributed by atoms with E-state index in [0.717, 1.165) is 16.9 Å². The Morgan fingerprint density at radius 1 is 1.50 bits per heavy atom. The molecule has 0 spiro atoms. The molecule has 0 saturated carbocycles. The van der Waals surface area contributed by atoms with Crippen LogP contribution in [0.25, 0.3) is 0 Å². The van der Waals surface area contributed by atoms with Crippen molar-refractivity contribution in [2.45, 2.75) is 38.8 Å². The summed E-state index contributed by atoms with van der Waals surface area (Å²) >= 11 is 0. The van der Waals surface area contributed by atoms with E-state index in [4.69, 9.17) is 15.9 Å². The fourth-order valence-corrected chi connectivity index (χ4v) is 1.37. The van der Waals surface area contributed by atoms with E-state index in [0.29, 0.717) is 12.5 Å². The number of hydrogen-bond donors (Lipinski definition) is 2. The third-order valence-electron chi connectivity index (χ3n) is 2.35. The van der Waals surface area contributed by atoms with Crippen molar-refractivity contribution in [3.8, 4) is 0 Å². The van der Waals surface area contributed by atoms with Crippen molar-refractivity contribution in [2.75, 3.05) is 6.54 Å². The lowest BCUT2D eigenvalue weighted by Gasteiger charge is -2.30. The summed E-state index contributed by atoms with van der Waals surface area (Å²) in [6, 6.07) is 0.158. The molecule has 0 bridgehead atoms. The molecule has 0 rings (SSSR count). The molecule has 74 valence electrons. The molecule has 0 aromatic carbocycles. The molecule has 0 radical (unpaired) electrons. The number of rotatable bonds is 5. The van der Waals surface area contributed by atoms with Crippen molar-refractivity contribution < 1.29 is 4.43 Å². The maximum Gasteiger partial charge on any atom is 0.146 e. The van der Waals surface area contributed by atoms with E-state index in [1.807, 2.05) is 6.92 Å². The first-order valence-corrected chi connectivity index (χ1v) is 5.25. The molecule has 0 aliphatic carbocycles. The lowest BCUT2D eigenvalue weighted by molar-refractivity contribution is 0.0876. The highest BCUT2D eigenvalue weighted by Gasteiger charge is 2.23. The van der Waals surface area contributed by atoms with E-state index in [1.54, 1.807) is 0 Å². The van der Waals surface area contributed by atoms with Crippen LogP contribution < -0.4 is 11.5 Å². The minimum absolute atomic E-state index is 0.0517. The van der Waals surface area contributed by atoms with Crippen molar-refractivity contribution in [1.82, 2.24) is 0 Å². The van der Waals surface area contributed by atoms with Crippen LogP contribution in [0, 0.1) is 5.92 Å². The minimum Gasteiger partial charge on any atom is -0.423 e. The Bertz CT molecular complexity index is 128. The Labute approximate surface area is 78.4 Å². The van der Waals surface area contributed by atoms with Gasteiger partial charge in [0.2, 0.25) is 0 Å². The smallest absolute Gasteiger partial charge is 0.146 e. The van der Waals surface area contributed by atoms with E-state index in [2.05, 4.69) is 13.8 Å². The average Bonchev–Trinajstić information content (AvgIpc) is 2.00. The molecule has 0 aromatic rings. The third kappa shape index (κ3) is 4.20. The van der Waals surface area contributed by atoms with Crippen LogP contribution in [0.3, 0.4) is 0 Å². The van der Waals surface area contributed by atoms with E-state index in [1.165, 1.54) is 0 Å². The zero-order chi connectivity index (χ0) is 9.78. The second kappa shape index (κ2) is 4.96. The highest BCUT2D eigenvalue weighted by Crippen LogP contribution is 2.20. The Hall–Kier alpha value is 0.0969. The summed E-state index contributed by atoms with van der Waals surface area (Å²) in [5.41, 5.74) is 11.3. The molecule has 0 aliphatic rings. The molecule has 4 heteroatoms. The first-order chi connectivity index (χ1) is 5.43. The molecule has 0 aliphatic heterocycles. The summed E-state index contributed by atoms with van der Waals surface area (Å²) < 4.78 is 5.45. The second-order valence-corrected chi connectivity index (χ2v) is 4.43. The maximum absolute atomic E-state index is 5.78. The molecular weight excluding hydrogens is 168 g/mol. The van der Waals surface area contributed by atoms with Crippen LogP contribution in [-0.4, -0.2) is 28.7 Å². The summed E-state index contributed by atoms with van der Waals surface area (Å²) in [4.78, 5) is 0. The zero-order valence-corrected chi connectivity index (χ0v) is 10.6. The lowest BCUT2D eigenvalue weighted by Crippen LogP contribution is -2.38. The average molecular weight is 190 g/mol. The Kier molecular flexibility index (Phi) is 5.00. The first-order valence-electron chi connectivity index (χ1n) is 4.43. The number of nitrogens with two attached hydrogens (primary N) is 2. The second-order valence-electron chi connectivity index (χ2n) is 4.02. The molecular formula is C8H22N2OSi. The molecule has 2 unspecified atom stereocenters. The predicted molar refractivity (Wildman–Crippen MR) is 55.9 cm³/mol. The van der Waals surface area contributed by atoms with Gasteiger partial charge in [0.1, 0.15) is 10.5 Å². The van der Waals surface area contributed by atoms with Crippen molar-refractivity contribution in [1.29, 1.82) is 0 Å². The Balaban J connectivity index is 4.01. The fraction of sp³-hybridized carbons (Fsp3) is 1.00. The van der Waals surface area contributed by atoms with Gasteiger partial charge in [-0.3, -0.25) is 0 Å². The molecule has 3 nitrogen and oxygen atoms in total. The fourth-order valence-electron chi connectivity index (χ4n) is 1.20. The van der Waals surface area contributed by atoms with Crippen molar-refractivity contribution >= 4 is 10.5 Å². The van der Waals surface area contributed by atoms with E-state index >= 15 is 0 Å². The van der Waals surface area contributed by atoms with Gasteiger partial charge in [-0.2, -0.15) is 0 Å². The number of hydrogen-bond acceptors (Lipinski definition) is 3. The molecule has 2 atom stereocenters. The van der Waals surface area contributed by atoms with Gasteiger partial charge in [0.15, 0.2) is 0 Å². The van der Waals surface area contributed by atoms with Gasteiger partial charge in [0, 0.05) is 11.6 Å². The molecule has 12 heavy (non-hydrogen) atoms. The zero-order valence-electron chi connectivity index (χ0n) is 8.63. The van der Waals surface area contributed by atoms with E-state index < -0.39 is 0 Å². The van der Waals surface area contributed by atoms with Crippen LogP contribution >= 0.6 is 0 Å².